The summed E-state index contributed by atoms with van der Waals surface area (Å²) >= 11 is 1.45. The lowest BCUT2D eigenvalue weighted by molar-refractivity contribution is 0.0754. The lowest BCUT2D eigenvalue weighted by atomic mass is 9.94. The van der Waals surface area contributed by atoms with E-state index in [1.807, 2.05) is 41.3 Å². The summed E-state index contributed by atoms with van der Waals surface area (Å²) in [5, 5.41) is 0.556. The Hall–Kier alpha value is -2.27. The lowest BCUT2D eigenvalue weighted by Crippen LogP contribution is -2.34. The van der Waals surface area contributed by atoms with Gasteiger partial charge in [0.25, 0.3) is 5.91 Å². The van der Waals surface area contributed by atoms with Crippen LogP contribution in [0.3, 0.4) is 0 Å². The molecule has 1 atom stereocenters. The van der Waals surface area contributed by atoms with Crippen LogP contribution in [0.4, 0.5) is 4.39 Å². The second-order valence-electron chi connectivity index (χ2n) is 6.48. The SMILES string of the molecule is O=C(c1nc2ccccc2s1)N1CCCCC(c2ccc(F)cc2)C1. The van der Waals surface area contributed by atoms with E-state index >= 15 is 0 Å². The maximum Gasteiger partial charge on any atom is 0.282 e. The molecule has 0 radical (unpaired) electrons. The Morgan fingerprint density at radius 3 is 2.72 bits per heavy atom. The second-order valence-corrected chi connectivity index (χ2v) is 7.51. The fourth-order valence-electron chi connectivity index (χ4n) is 3.43. The third-order valence-corrected chi connectivity index (χ3v) is 5.80. The van der Waals surface area contributed by atoms with E-state index < -0.39 is 0 Å². The Kier molecular flexibility index (Phi) is 4.49. The molecule has 0 aliphatic carbocycles. The Bertz CT molecular complexity index is 857. The number of aromatic nitrogens is 1. The minimum Gasteiger partial charge on any atom is -0.336 e. The van der Waals surface area contributed by atoms with Crippen LogP contribution in [-0.2, 0) is 0 Å². The highest BCUT2D eigenvalue weighted by atomic mass is 32.1. The quantitative estimate of drug-likeness (QED) is 0.659. The number of para-hydroxylation sites is 1. The van der Waals surface area contributed by atoms with Crippen molar-refractivity contribution in [1.29, 1.82) is 0 Å². The molecule has 1 unspecified atom stereocenters. The van der Waals surface area contributed by atoms with Gasteiger partial charge in [0.05, 0.1) is 10.2 Å². The van der Waals surface area contributed by atoms with Crippen LogP contribution >= 0.6 is 11.3 Å². The number of hydrogen-bond acceptors (Lipinski definition) is 3. The first kappa shape index (κ1) is 16.2. The van der Waals surface area contributed by atoms with Crippen LogP contribution in [0.5, 0.6) is 0 Å². The molecule has 1 aliphatic heterocycles. The summed E-state index contributed by atoms with van der Waals surface area (Å²) in [4.78, 5) is 19.4. The molecule has 1 aromatic heterocycles. The van der Waals surface area contributed by atoms with Crippen LogP contribution in [0.25, 0.3) is 10.2 Å². The number of hydrogen-bond donors (Lipinski definition) is 0. The van der Waals surface area contributed by atoms with Gasteiger partial charge in [-0.05, 0) is 42.7 Å². The van der Waals surface area contributed by atoms with Crippen molar-refractivity contribution in [2.75, 3.05) is 13.1 Å². The van der Waals surface area contributed by atoms with Gasteiger partial charge in [0.15, 0.2) is 5.01 Å². The molecular formula is C20H19FN2OS. The number of halogens is 1. The minimum absolute atomic E-state index is 0.00946. The van der Waals surface area contributed by atoms with Gasteiger partial charge in [-0.3, -0.25) is 4.79 Å². The third-order valence-electron chi connectivity index (χ3n) is 4.78. The molecule has 3 aromatic rings. The molecule has 2 aromatic carbocycles. The van der Waals surface area contributed by atoms with Crippen molar-refractivity contribution in [2.24, 2.45) is 0 Å². The van der Waals surface area contributed by atoms with E-state index in [1.54, 1.807) is 0 Å². The molecular weight excluding hydrogens is 335 g/mol. The smallest absolute Gasteiger partial charge is 0.282 e. The molecule has 0 saturated carbocycles. The summed E-state index contributed by atoms with van der Waals surface area (Å²) in [5.74, 6) is 0.0384. The zero-order chi connectivity index (χ0) is 17.2. The van der Waals surface area contributed by atoms with E-state index in [0.29, 0.717) is 11.6 Å². The van der Waals surface area contributed by atoms with Crippen molar-refractivity contribution < 1.29 is 9.18 Å². The zero-order valence-corrected chi connectivity index (χ0v) is 14.6. The Balaban J connectivity index is 1.57. The number of benzene rings is 2. The molecule has 0 spiro atoms. The summed E-state index contributed by atoms with van der Waals surface area (Å²) < 4.78 is 14.2. The predicted molar refractivity (Wildman–Crippen MR) is 98.5 cm³/mol. The number of nitrogens with zero attached hydrogens (tertiary/aromatic N) is 2. The number of fused-ring (bicyclic) bond motifs is 1. The summed E-state index contributed by atoms with van der Waals surface area (Å²) in [6.07, 6.45) is 3.09. The maximum atomic E-state index is 13.2. The molecule has 4 rings (SSSR count). The topological polar surface area (TPSA) is 33.2 Å². The predicted octanol–water partition coefficient (Wildman–Crippen LogP) is 4.85. The molecule has 2 heterocycles. The lowest BCUT2D eigenvalue weighted by Gasteiger charge is -2.24. The number of amides is 1. The average Bonchev–Trinajstić information content (AvgIpc) is 2.92. The summed E-state index contributed by atoms with van der Waals surface area (Å²) in [6.45, 7) is 1.42. The summed E-state index contributed by atoms with van der Waals surface area (Å²) in [5.41, 5.74) is 1.98. The van der Waals surface area contributed by atoms with Gasteiger partial charge < -0.3 is 4.90 Å². The van der Waals surface area contributed by atoms with Crippen molar-refractivity contribution >= 4 is 27.5 Å². The summed E-state index contributed by atoms with van der Waals surface area (Å²) in [7, 11) is 0. The standard InChI is InChI=1S/C20H19FN2OS/c21-16-10-8-14(9-11-16)15-5-3-4-12-23(13-15)20(24)19-22-17-6-1-2-7-18(17)25-19/h1-2,6-11,15H,3-5,12-13H2. The molecule has 1 amide bonds. The van der Waals surface area contributed by atoms with Crippen molar-refractivity contribution in [1.82, 2.24) is 9.88 Å². The highest BCUT2D eigenvalue weighted by Crippen LogP contribution is 2.29. The van der Waals surface area contributed by atoms with Gasteiger partial charge in [-0.15, -0.1) is 11.3 Å². The number of carbonyl (C=O) groups excluding carboxylic acids is 1. The van der Waals surface area contributed by atoms with Crippen LogP contribution in [0, 0.1) is 5.82 Å². The van der Waals surface area contributed by atoms with E-state index in [-0.39, 0.29) is 17.6 Å². The summed E-state index contributed by atoms with van der Waals surface area (Å²) in [6, 6.07) is 14.5. The van der Waals surface area contributed by atoms with Gasteiger partial charge in [-0.1, -0.05) is 30.7 Å². The largest absolute Gasteiger partial charge is 0.336 e. The molecule has 3 nitrogen and oxygen atoms in total. The van der Waals surface area contributed by atoms with Crippen molar-refractivity contribution in [3.8, 4) is 0 Å². The maximum absolute atomic E-state index is 13.2. The highest BCUT2D eigenvalue weighted by molar-refractivity contribution is 7.20. The Labute approximate surface area is 150 Å². The number of rotatable bonds is 2. The van der Waals surface area contributed by atoms with Crippen LogP contribution < -0.4 is 0 Å². The minimum atomic E-state index is -0.222. The first-order valence-electron chi connectivity index (χ1n) is 8.61. The molecule has 1 fully saturated rings. The van der Waals surface area contributed by atoms with E-state index in [1.165, 1.54) is 23.5 Å². The number of thiazole rings is 1. The molecule has 1 aliphatic rings. The first-order chi connectivity index (χ1) is 12.2. The molecule has 5 heteroatoms. The zero-order valence-electron chi connectivity index (χ0n) is 13.8. The number of likely N-dealkylation sites (tertiary alicyclic amines) is 1. The Morgan fingerprint density at radius 1 is 1.12 bits per heavy atom. The molecule has 25 heavy (non-hydrogen) atoms. The second kappa shape index (κ2) is 6.92. The van der Waals surface area contributed by atoms with Crippen LogP contribution in [-0.4, -0.2) is 28.9 Å². The number of carbonyl (C=O) groups is 1. The van der Waals surface area contributed by atoms with Gasteiger partial charge in [0.2, 0.25) is 0 Å². The third kappa shape index (κ3) is 3.42. The normalized spacial score (nSPS) is 18.3. The monoisotopic (exact) mass is 354 g/mol. The first-order valence-corrected chi connectivity index (χ1v) is 9.43. The van der Waals surface area contributed by atoms with Crippen molar-refractivity contribution in [3.05, 3.63) is 64.9 Å². The van der Waals surface area contributed by atoms with Gasteiger partial charge in [-0.2, -0.15) is 0 Å². The van der Waals surface area contributed by atoms with Crippen LogP contribution in [0.2, 0.25) is 0 Å². The van der Waals surface area contributed by atoms with Crippen LogP contribution in [0.1, 0.15) is 40.5 Å². The van der Waals surface area contributed by atoms with Crippen LogP contribution in [0.15, 0.2) is 48.5 Å². The average molecular weight is 354 g/mol. The molecule has 0 bridgehead atoms. The van der Waals surface area contributed by atoms with E-state index in [0.717, 1.165) is 41.6 Å². The van der Waals surface area contributed by atoms with Gasteiger partial charge in [-0.25, -0.2) is 9.37 Å². The highest BCUT2D eigenvalue weighted by Gasteiger charge is 2.26. The van der Waals surface area contributed by atoms with Gasteiger partial charge in [0, 0.05) is 19.0 Å². The fraction of sp³-hybridized carbons (Fsp3) is 0.300. The van der Waals surface area contributed by atoms with E-state index in [4.69, 9.17) is 0 Å². The van der Waals surface area contributed by atoms with Gasteiger partial charge in [0.1, 0.15) is 5.82 Å². The van der Waals surface area contributed by atoms with Crippen molar-refractivity contribution in [3.63, 3.8) is 0 Å². The van der Waals surface area contributed by atoms with E-state index in [2.05, 4.69) is 4.98 Å². The van der Waals surface area contributed by atoms with Crippen molar-refractivity contribution in [2.45, 2.75) is 25.2 Å². The molecule has 128 valence electrons. The fourth-order valence-corrected chi connectivity index (χ4v) is 4.37. The molecule has 0 N–H and O–H groups in total. The molecule has 1 saturated heterocycles. The van der Waals surface area contributed by atoms with E-state index in [9.17, 15) is 9.18 Å². The van der Waals surface area contributed by atoms with Gasteiger partial charge >= 0.3 is 0 Å². The Morgan fingerprint density at radius 2 is 1.92 bits per heavy atom.